The number of aryl methyl sites for hydroxylation is 1. The zero-order chi connectivity index (χ0) is 11.5. The third-order valence-corrected chi connectivity index (χ3v) is 3.05. The standard InChI is InChI=1S/C14H10BrN/c1-10-8-12(2-3-13(10)9-16)11-4-6-14(15)7-5-11/h2-8H,1H3. The minimum atomic E-state index is 0.737. The second kappa shape index (κ2) is 4.51. The summed E-state index contributed by atoms with van der Waals surface area (Å²) in [7, 11) is 0. The summed E-state index contributed by atoms with van der Waals surface area (Å²) in [6.45, 7) is 1.96. The van der Waals surface area contributed by atoms with E-state index in [0.717, 1.165) is 26.7 Å². The number of hydrogen-bond acceptors (Lipinski definition) is 1. The van der Waals surface area contributed by atoms with Gasteiger partial charge in [0.15, 0.2) is 0 Å². The molecule has 0 amide bonds. The lowest BCUT2D eigenvalue weighted by Gasteiger charge is -2.04. The number of halogens is 1. The molecule has 0 bridgehead atoms. The van der Waals surface area contributed by atoms with Crippen LogP contribution in [0.25, 0.3) is 11.1 Å². The van der Waals surface area contributed by atoms with E-state index in [0.29, 0.717) is 0 Å². The van der Waals surface area contributed by atoms with Crippen molar-refractivity contribution < 1.29 is 0 Å². The molecule has 0 heterocycles. The van der Waals surface area contributed by atoms with Crippen LogP contribution in [0.5, 0.6) is 0 Å². The van der Waals surface area contributed by atoms with Gasteiger partial charge >= 0.3 is 0 Å². The summed E-state index contributed by atoms with van der Waals surface area (Å²) < 4.78 is 1.07. The van der Waals surface area contributed by atoms with Crippen molar-refractivity contribution >= 4 is 15.9 Å². The molecule has 0 aliphatic heterocycles. The van der Waals surface area contributed by atoms with Gasteiger partial charge in [-0.3, -0.25) is 0 Å². The van der Waals surface area contributed by atoms with E-state index >= 15 is 0 Å². The van der Waals surface area contributed by atoms with Crippen LogP contribution in [-0.2, 0) is 0 Å². The van der Waals surface area contributed by atoms with Crippen LogP contribution in [0.3, 0.4) is 0 Å². The molecule has 0 radical (unpaired) electrons. The van der Waals surface area contributed by atoms with E-state index in [1.807, 2.05) is 37.3 Å². The van der Waals surface area contributed by atoms with Crippen molar-refractivity contribution in [1.82, 2.24) is 0 Å². The number of nitriles is 1. The Morgan fingerprint density at radius 3 is 2.19 bits per heavy atom. The van der Waals surface area contributed by atoms with Gasteiger partial charge in [0.05, 0.1) is 11.6 Å². The van der Waals surface area contributed by atoms with Crippen LogP contribution in [0.2, 0.25) is 0 Å². The van der Waals surface area contributed by atoms with E-state index in [4.69, 9.17) is 5.26 Å². The van der Waals surface area contributed by atoms with Crippen LogP contribution >= 0.6 is 15.9 Å². The zero-order valence-corrected chi connectivity index (χ0v) is 10.5. The summed E-state index contributed by atoms with van der Waals surface area (Å²) in [6.07, 6.45) is 0. The number of nitrogens with zero attached hydrogens (tertiary/aromatic N) is 1. The summed E-state index contributed by atoms with van der Waals surface area (Å²) in [5.74, 6) is 0. The fourth-order valence-electron chi connectivity index (χ4n) is 1.61. The average Bonchev–Trinajstić information content (AvgIpc) is 2.30. The van der Waals surface area contributed by atoms with Gasteiger partial charge in [0.25, 0.3) is 0 Å². The van der Waals surface area contributed by atoms with Gasteiger partial charge in [-0.2, -0.15) is 5.26 Å². The molecule has 0 atom stereocenters. The number of rotatable bonds is 1. The Morgan fingerprint density at radius 2 is 1.62 bits per heavy atom. The van der Waals surface area contributed by atoms with E-state index in [1.54, 1.807) is 0 Å². The maximum Gasteiger partial charge on any atom is 0.0994 e. The fraction of sp³-hybridized carbons (Fsp3) is 0.0714. The predicted octanol–water partition coefficient (Wildman–Crippen LogP) is 4.30. The Morgan fingerprint density at radius 1 is 1.00 bits per heavy atom. The topological polar surface area (TPSA) is 23.8 Å². The minimum absolute atomic E-state index is 0.737. The van der Waals surface area contributed by atoms with E-state index in [1.165, 1.54) is 0 Å². The van der Waals surface area contributed by atoms with E-state index in [9.17, 15) is 0 Å². The Balaban J connectivity index is 2.46. The van der Waals surface area contributed by atoms with Crippen molar-refractivity contribution in [2.24, 2.45) is 0 Å². The predicted molar refractivity (Wildman–Crippen MR) is 69.0 cm³/mol. The Labute approximate surface area is 103 Å². The fourth-order valence-corrected chi connectivity index (χ4v) is 1.88. The van der Waals surface area contributed by atoms with Crippen LogP contribution in [0, 0.1) is 18.3 Å². The van der Waals surface area contributed by atoms with Crippen molar-refractivity contribution in [1.29, 1.82) is 5.26 Å². The molecule has 2 aromatic rings. The lowest BCUT2D eigenvalue weighted by atomic mass is 10.0. The van der Waals surface area contributed by atoms with Crippen molar-refractivity contribution in [3.63, 3.8) is 0 Å². The van der Waals surface area contributed by atoms with Gasteiger partial charge in [0.2, 0.25) is 0 Å². The smallest absolute Gasteiger partial charge is 0.0994 e. The Bertz CT molecular complexity index is 550. The lowest BCUT2D eigenvalue weighted by Crippen LogP contribution is -1.84. The number of hydrogen-bond donors (Lipinski definition) is 0. The van der Waals surface area contributed by atoms with Crippen LogP contribution in [-0.4, -0.2) is 0 Å². The first-order valence-corrected chi connectivity index (χ1v) is 5.76. The normalized spacial score (nSPS) is 9.81. The monoisotopic (exact) mass is 271 g/mol. The summed E-state index contributed by atoms with van der Waals surface area (Å²) in [4.78, 5) is 0. The molecule has 0 saturated carbocycles. The maximum absolute atomic E-state index is 8.86. The van der Waals surface area contributed by atoms with Gasteiger partial charge in [-0.25, -0.2) is 0 Å². The highest BCUT2D eigenvalue weighted by atomic mass is 79.9. The highest BCUT2D eigenvalue weighted by molar-refractivity contribution is 9.10. The highest BCUT2D eigenvalue weighted by Crippen LogP contribution is 2.23. The Hall–Kier alpha value is -1.59. The van der Waals surface area contributed by atoms with Crippen LogP contribution in [0.15, 0.2) is 46.9 Å². The van der Waals surface area contributed by atoms with Crippen molar-refractivity contribution in [2.45, 2.75) is 6.92 Å². The van der Waals surface area contributed by atoms with E-state index in [-0.39, 0.29) is 0 Å². The molecule has 0 N–H and O–H groups in total. The second-order valence-electron chi connectivity index (χ2n) is 3.65. The van der Waals surface area contributed by atoms with Crippen LogP contribution in [0.1, 0.15) is 11.1 Å². The summed E-state index contributed by atoms with van der Waals surface area (Å²) in [5.41, 5.74) is 4.06. The van der Waals surface area contributed by atoms with Gasteiger partial charge in [0.1, 0.15) is 0 Å². The molecule has 2 rings (SSSR count). The molecular formula is C14H10BrN. The molecule has 0 saturated heterocycles. The first-order valence-electron chi connectivity index (χ1n) is 4.97. The summed E-state index contributed by atoms with van der Waals surface area (Å²) in [5, 5.41) is 8.86. The first-order chi connectivity index (χ1) is 7.70. The third kappa shape index (κ3) is 2.15. The SMILES string of the molecule is Cc1cc(-c2ccc(Br)cc2)ccc1C#N. The zero-order valence-electron chi connectivity index (χ0n) is 8.87. The third-order valence-electron chi connectivity index (χ3n) is 2.52. The van der Waals surface area contributed by atoms with Gasteiger partial charge in [0, 0.05) is 4.47 Å². The van der Waals surface area contributed by atoms with Crippen molar-refractivity contribution in [3.05, 3.63) is 58.1 Å². The molecule has 0 fully saturated rings. The molecule has 16 heavy (non-hydrogen) atoms. The second-order valence-corrected chi connectivity index (χ2v) is 4.56. The highest BCUT2D eigenvalue weighted by Gasteiger charge is 2.01. The minimum Gasteiger partial charge on any atom is -0.192 e. The van der Waals surface area contributed by atoms with Crippen molar-refractivity contribution in [2.75, 3.05) is 0 Å². The molecule has 0 aliphatic carbocycles. The number of benzene rings is 2. The molecular weight excluding hydrogens is 262 g/mol. The van der Waals surface area contributed by atoms with Crippen LogP contribution in [0.4, 0.5) is 0 Å². The van der Waals surface area contributed by atoms with Crippen molar-refractivity contribution in [3.8, 4) is 17.2 Å². The van der Waals surface area contributed by atoms with Gasteiger partial charge < -0.3 is 0 Å². The lowest BCUT2D eigenvalue weighted by molar-refractivity contribution is 1.39. The molecule has 0 aromatic heterocycles. The van der Waals surface area contributed by atoms with Gasteiger partial charge in [-0.15, -0.1) is 0 Å². The van der Waals surface area contributed by atoms with E-state index in [2.05, 4.69) is 34.1 Å². The largest absolute Gasteiger partial charge is 0.192 e. The van der Waals surface area contributed by atoms with Gasteiger partial charge in [-0.1, -0.05) is 40.2 Å². The van der Waals surface area contributed by atoms with Gasteiger partial charge in [-0.05, 0) is 41.8 Å². The molecule has 78 valence electrons. The van der Waals surface area contributed by atoms with Crippen LogP contribution < -0.4 is 0 Å². The molecule has 0 spiro atoms. The maximum atomic E-state index is 8.86. The molecule has 0 aliphatic rings. The molecule has 0 unspecified atom stereocenters. The first kappa shape index (κ1) is 10.9. The molecule has 2 heteroatoms. The summed E-state index contributed by atoms with van der Waals surface area (Å²) in [6, 6.07) is 16.2. The quantitative estimate of drug-likeness (QED) is 0.759. The average molecular weight is 272 g/mol. The molecule has 1 nitrogen and oxygen atoms in total. The summed E-state index contributed by atoms with van der Waals surface area (Å²) >= 11 is 3.41. The Kier molecular flexibility index (Phi) is 3.07. The van der Waals surface area contributed by atoms with E-state index < -0.39 is 0 Å². The molecule has 2 aromatic carbocycles.